The number of carboxylic acid groups (broad SMARTS) is 2. The number of aromatic nitrogens is 3. The average molecular weight is 576 g/mol. The number of methoxy groups -OCH3 is 1. The summed E-state index contributed by atoms with van der Waals surface area (Å²) in [5, 5.41) is 28.3. The molecule has 13 heteroatoms. The van der Waals surface area contributed by atoms with Gasteiger partial charge < -0.3 is 39.8 Å². The van der Waals surface area contributed by atoms with Gasteiger partial charge in [0.25, 0.3) is 0 Å². The predicted octanol–water partition coefficient (Wildman–Crippen LogP) is 2.66. The minimum Gasteiger partial charge on any atom is -0.543 e. The molecule has 2 aromatic rings. The molecule has 40 heavy (non-hydrogen) atoms. The number of hydrogen-bond donors (Lipinski definition) is 3. The van der Waals surface area contributed by atoms with Crippen molar-refractivity contribution >= 4 is 47.1 Å². The highest BCUT2D eigenvalue weighted by Gasteiger charge is 2.43. The first-order chi connectivity index (χ1) is 19.1. The fraction of sp³-hybridized carbons (Fsp3) is 0.593. The standard InChI is InChI=1S/C27H38ClN7O5/c1-34(19-12-14-35(2,15-13-19)22(23(36)37)24(38)39)27-32-25(29-17-8-6-4-5-7-9-17)31-26(33-27)30-18-10-11-21(40-3)20(28)16-18/h10-11,16-17,19,22H,4-9,12-15H2,1-3H3,(H3-,29,30,31,32,33,36,37,38,39). The Balaban J connectivity index is 1.56. The number of piperidine rings is 1. The molecule has 1 saturated carbocycles. The van der Waals surface area contributed by atoms with Crippen LogP contribution in [0.2, 0.25) is 5.02 Å². The number of rotatable bonds is 10. The molecule has 1 aromatic heterocycles. The number of anilines is 4. The third-order valence-corrected chi connectivity index (χ3v) is 8.41. The summed E-state index contributed by atoms with van der Waals surface area (Å²) in [6, 6.07) is 3.98. The molecule has 2 heterocycles. The number of nitrogens with one attached hydrogen (secondary N) is 2. The molecule has 0 radical (unpaired) electrons. The van der Waals surface area contributed by atoms with Gasteiger partial charge in [-0.05, 0) is 31.0 Å². The highest BCUT2D eigenvalue weighted by molar-refractivity contribution is 6.32. The zero-order valence-corrected chi connectivity index (χ0v) is 24.0. The van der Waals surface area contributed by atoms with Crippen LogP contribution >= 0.6 is 11.6 Å². The maximum atomic E-state index is 11.6. The third-order valence-electron chi connectivity index (χ3n) is 8.11. The lowest BCUT2D eigenvalue weighted by Crippen LogP contribution is -2.66. The number of carboxylic acids is 2. The quantitative estimate of drug-likeness (QED) is 0.218. The van der Waals surface area contributed by atoms with E-state index in [2.05, 4.69) is 15.6 Å². The van der Waals surface area contributed by atoms with E-state index in [1.54, 1.807) is 26.3 Å². The van der Waals surface area contributed by atoms with Crippen LogP contribution in [0.25, 0.3) is 0 Å². The van der Waals surface area contributed by atoms with Crippen LogP contribution in [0, 0.1) is 0 Å². The minimum absolute atomic E-state index is 0.0150. The first-order valence-electron chi connectivity index (χ1n) is 13.7. The van der Waals surface area contributed by atoms with Crippen LogP contribution in [-0.4, -0.2) is 88.9 Å². The van der Waals surface area contributed by atoms with Gasteiger partial charge in [-0.2, -0.15) is 15.0 Å². The second kappa shape index (κ2) is 12.9. The van der Waals surface area contributed by atoms with E-state index >= 15 is 0 Å². The van der Waals surface area contributed by atoms with Gasteiger partial charge in [0.1, 0.15) is 11.7 Å². The maximum Gasteiger partial charge on any atom is 0.368 e. The van der Waals surface area contributed by atoms with Crippen molar-refractivity contribution in [3.05, 3.63) is 23.2 Å². The molecule has 4 rings (SSSR count). The lowest BCUT2D eigenvalue weighted by atomic mass is 9.99. The third kappa shape index (κ3) is 7.03. The second-order valence-corrected chi connectivity index (χ2v) is 11.3. The first kappa shape index (κ1) is 29.6. The van der Waals surface area contributed by atoms with E-state index in [9.17, 15) is 19.8 Å². The molecule has 218 valence electrons. The van der Waals surface area contributed by atoms with Crippen molar-refractivity contribution in [2.75, 3.05) is 49.8 Å². The van der Waals surface area contributed by atoms with E-state index in [-0.39, 0.29) is 16.6 Å². The summed E-state index contributed by atoms with van der Waals surface area (Å²) in [7, 11) is 5.11. The number of quaternary nitrogens is 1. The largest absolute Gasteiger partial charge is 0.543 e. The van der Waals surface area contributed by atoms with E-state index in [0.717, 1.165) is 25.7 Å². The molecule has 12 nitrogen and oxygen atoms in total. The molecular weight excluding hydrogens is 538 g/mol. The Morgan fingerprint density at radius 3 is 2.33 bits per heavy atom. The molecule has 2 aliphatic rings. The van der Waals surface area contributed by atoms with Crippen LogP contribution in [0.4, 0.5) is 23.5 Å². The summed E-state index contributed by atoms with van der Waals surface area (Å²) in [5.74, 6) is -1.09. The molecule has 0 amide bonds. The molecule has 1 aromatic carbocycles. The van der Waals surface area contributed by atoms with Crippen molar-refractivity contribution < 1.29 is 29.0 Å². The number of benzene rings is 1. The van der Waals surface area contributed by atoms with Gasteiger partial charge >= 0.3 is 5.97 Å². The summed E-state index contributed by atoms with van der Waals surface area (Å²) < 4.78 is 5.14. The average Bonchev–Trinajstić information content (AvgIpc) is 3.17. The normalized spacial score (nSPS) is 22.6. The SMILES string of the molecule is COc1ccc(Nc2nc(NC3CCCCCC3)nc(N(C)C3CC[N+](C)(C(C(=O)[O-])C(=O)O)CC3)n2)cc1Cl. The second-order valence-electron chi connectivity index (χ2n) is 10.9. The van der Waals surface area contributed by atoms with Gasteiger partial charge in [-0.3, -0.25) is 0 Å². The molecule has 2 fully saturated rings. The zero-order valence-electron chi connectivity index (χ0n) is 23.2. The summed E-state index contributed by atoms with van der Waals surface area (Å²) >= 11 is 6.32. The van der Waals surface area contributed by atoms with Gasteiger partial charge in [-0.15, -0.1) is 0 Å². The van der Waals surface area contributed by atoms with E-state index in [0.29, 0.717) is 60.2 Å². The Labute approximate surface area is 239 Å². The van der Waals surface area contributed by atoms with E-state index in [4.69, 9.17) is 26.3 Å². The molecule has 1 unspecified atom stereocenters. The highest BCUT2D eigenvalue weighted by Crippen LogP contribution is 2.30. The molecule has 1 atom stereocenters. The number of nitrogens with zero attached hydrogens (tertiary/aromatic N) is 5. The van der Waals surface area contributed by atoms with Gasteiger partial charge in [0.15, 0.2) is 0 Å². The molecule has 0 spiro atoms. The van der Waals surface area contributed by atoms with Crippen LogP contribution in [0.5, 0.6) is 5.75 Å². The van der Waals surface area contributed by atoms with Crippen molar-refractivity contribution in [3.8, 4) is 5.75 Å². The number of ether oxygens (including phenoxy) is 1. The lowest BCUT2D eigenvalue weighted by molar-refractivity contribution is -0.923. The molecule has 3 N–H and O–H groups in total. The summed E-state index contributed by atoms with van der Waals surface area (Å²) in [5.41, 5.74) is 0.693. The van der Waals surface area contributed by atoms with Gasteiger partial charge in [-0.1, -0.05) is 37.3 Å². The monoisotopic (exact) mass is 575 g/mol. The number of likely N-dealkylation sites (N-methyl/N-ethyl adjacent to an activating group) is 1. The predicted molar refractivity (Wildman–Crippen MR) is 150 cm³/mol. The first-order valence-corrected chi connectivity index (χ1v) is 14.1. The molecular formula is C27H38ClN7O5. The number of halogens is 1. The topological polar surface area (TPSA) is 153 Å². The van der Waals surface area contributed by atoms with Crippen LogP contribution in [0.3, 0.4) is 0 Å². The Kier molecular flexibility index (Phi) is 9.52. The fourth-order valence-corrected chi connectivity index (χ4v) is 5.95. The summed E-state index contributed by atoms with van der Waals surface area (Å²) in [6.07, 6.45) is 8.02. The molecule has 0 bridgehead atoms. The Morgan fingerprint density at radius 1 is 1.10 bits per heavy atom. The van der Waals surface area contributed by atoms with Gasteiger partial charge in [0.2, 0.25) is 23.9 Å². The van der Waals surface area contributed by atoms with Gasteiger partial charge in [0.05, 0.1) is 32.3 Å². The van der Waals surface area contributed by atoms with Crippen LogP contribution in [0.1, 0.15) is 51.4 Å². The van der Waals surface area contributed by atoms with E-state index in [1.165, 1.54) is 12.8 Å². The maximum absolute atomic E-state index is 11.6. The molecule has 1 aliphatic heterocycles. The zero-order chi connectivity index (χ0) is 28.9. The van der Waals surface area contributed by atoms with Crippen molar-refractivity contribution in [3.63, 3.8) is 0 Å². The van der Waals surface area contributed by atoms with E-state index in [1.807, 2.05) is 18.0 Å². The number of likely N-dealkylation sites (tertiary alicyclic amines) is 1. The van der Waals surface area contributed by atoms with E-state index < -0.39 is 18.0 Å². The van der Waals surface area contributed by atoms with Crippen molar-refractivity contribution in [1.29, 1.82) is 0 Å². The number of carbonyl (C=O) groups is 2. The van der Waals surface area contributed by atoms with Crippen LogP contribution < -0.4 is 25.4 Å². The van der Waals surface area contributed by atoms with Crippen molar-refractivity contribution in [2.24, 2.45) is 0 Å². The highest BCUT2D eigenvalue weighted by atomic mass is 35.5. The number of hydrogen-bond acceptors (Lipinski definition) is 10. The lowest BCUT2D eigenvalue weighted by Gasteiger charge is -2.45. The summed E-state index contributed by atoms with van der Waals surface area (Å²) in [4.78, 5) is 39.3. The van der Waals surface area contributed by atoms with Crippen LogP contribution in [0.15, 0.2) is 18.2 Å². The smallest absolute Gasteiger partial charge is 0.368 e. The van der Waals surface area contributed by atoms with Crippen LogP contribution in [-0.2, 0) is 9.59 Å². The number of carbonyl (C=O) groups excluding carboxylic acids is 1. The van der Waals surface area contributed by atoms with Gasteiger partial charge in [0, 0.05) is 37.7 Å². The summed E-state index contributed by atoms with van der Waals surface area (Å²) in [6.45, 7) is 0.737. The van der Waals surface area contributed by atoms with Crippen molar-refractivity contribution in [2.45, 2.75) is 69.5 Å². The Bertz CT molecular complexity index is 1190. The number of aliphatic carboxylic acids is 2. The fourth-order valence-electron chi connectivity index (χ4n) is 5.70. The molecule has 1 aliphatic carbocycles. The van der Waals surface area contributed by atoms with Crippen molar-refractivity contribution in [1.82, 2.24) is 15.0 Å². The molecule has 1 saturated heterocycles. The minimum atomic E-state index is -1.61. The Morgan fingerprint density at radius 2 is 1.75 bits per heavy atom. The van der Waals surface area contributed by atoms with Gasteiger partial charge in [-0.25, -0.2) is 4.79 Å². The Hall–Kier alpha value is -3.38.